The molecule has 0 fully saturated rings. The monoisotopic (exact) mass is 242 g/mol. The minimum atomic E-state index is 0.0933. The van der Waals surface area contributed by atoms with Crippen LogP contribution in [0.4, 0.5) is 0 Å². The van der Waals surface area contributed by atoms with Crippen molar-refractivity contribution in [2.45, 2.75) is 11.8 Å². The number of thioether (sulfide) groups is 1. The maximum atomic E-state index is 12.3. The van der Waals surface area contributed by atoms with Crippen molar-refractivity contribution in [2.24, 2.45) is 0 Å². The van der Waals surface area contributed by atoms with Crippen LogP contribution in [0.1, 0.15) is 21.5 Å². The van der Waals surface area contributed by atoms with Crippen molar-refractivity contribution in [1.29, 1.82) is 0 Å². The van der Waals surface area contributed by atoms with E-state index >= 15 is 0 Å². The normalized spacial score (nSPS) is 10.2. The lowest BCUT2D eigenvalue weighted by Crippen LogP contribution is -2.03. The van der Waals surface area contributed by atoms with Gasteiger partial charge in [-0.05, 0) is 43.0 Å². The molecule has 2 aromatic rings. The van der Waals surface area contributed by atoms with Gasteiger partial charge >= 0.3 is 0 Å². The summed E-state index contributed by atoms with van der Waals surface area (Å²) >= 11 is 1.68. The lowest BCUT2D eigenvalue weighted by atomic mass is 9.99. The van der Waals surface area contributed by atoms with Gasteiger partial charge in [-0.1, -0.05) is 24.3 Å². The average molecular weight is 242 g/mol. The van der Waals surface area contributed by atoms with Crippen LogP contribution in [-0.2, 0) is 0 Å². The first kappa shape index (κ1) is 11.9. The maximum Gasteiger partial charge on any atom is 0.193 e. The summed E-state index contributed by atoms with van der Waals surface area (Å²) in [6.45, 7) is 1.96. The van der Waals surface area contributed by atoms with E-state index in [9.17, 15) is 4.79 Å². The van der Waals surface area contributed by atoms with Gasteiger partial charge in [0.05, 0.1) is 0 Å². The number of hydrogen-bond acceptors (Lipinski definition) is 2. The second-order valence-corrected chi connectivity index (χ2v) is 4.75. The third kappa shape index (κ3) is 2.59. The second-order valence-electron chi connectivity index (χ2n) is 3.87. The number of rotatable bonds is 3. The molecule has 0 heterocycles. The lowest BCUT2D eigenvalue weighted by Gasteiger charge is -2.05. The Morgan fingerprint density at radius 1 is 1.00 bits per heavy atom. The Balaban J connectivity index is 2.34. The van der Waals surface area contributed by atoms with Crippen LogP contribution in [0.5, 0.6) is 0 Å². The van der Waals surface area contributed by atoms with Gasteiger partial charge in [0.25, 0.3) is 0 Å². The second kappa shape index (κ2) is 5.19. The van der Waals surface area contributed by atoms with Gasteiger partial charge in [0.15, 0.2) is 5.78 Å². The van der Waals surface area contributed by atoms with Crippen LogP contribution in [-0.4, -0.2) is 12.0 Å². The van der Waals surface area contributed by atoms with Crippen LogP contribution >= 0.6 is 11.8 Å². The summed E-state index contributed by atoms with van der Waals surface area (Å²) in [5.41, 5.74) is 2.55. The van der Waals surface area contributed by atoms with Gasteiger partial charge < -0.3 is 0 Å². The van der Waals surface area contributed by atoms with Gasteiger partial charge in [-0.15, -0.1) is 11.8 Å². The van der Waals surface area contributed by atoms with Crippen molar-refractivity contribution in [2.75, 3.05) is 6.26 Å². The van der Waals surface area contributed by atoms with Crippen LogP contribution < -0.4 is 0 Å². The van der Waals surface area contributed by atoms with Gasteiger partial charge in [0.2, 0.25) is 0 Å². The van der Waals surface area contributed by atoms with Crippen LogP contribution in [0.15, 0.2) is 53.4 Å². The highest BCUT2D eigenvalue weighted by molar-refractivity contribution is 7.98. The first-order valence-corrected chi connectivity index (χ1v) is 6.69. The van der Waals surface area contributed by atoms with E-state index in [0.717, 1.165) is 16.7 Å². The Morgan fingerprint density at radius 2 is 1.65 bits per heavy atom. The average Bonchev–Trinajstić information content (AvgIpc) is 2.39. The molecule has 0 radical (unpaired) electrons. The van der Waals surface area contributed by atoms with Crippen molar-refractivity contribution in [3.63, 3.8) is 0 Å². The molecule has 17 heavy (non-hydrogen) atoms. The fourth-order valence-electron chi connectivity index (χ4n) is 1.73. The van der Waals surface area contributed by atoms with Gasteiger partial charge in [-0.25, -0.2) is 0 Å². The largest absolute Gasteiger partial charge is 0.289 e. The first-order valence-electron chi connectivity index (χ1n) is 5.47. The van der Waals surface area contributed by atoms with Crippen molar-refractivity contribution in [1.82, 2.24) is 0 Å². The van der Waals surface area contributed by atoms with Crippen molar-refractivity contribution >= 4 is 17.5 Å². The lowest BCUT2D eigenvalue weighted by molar-refractivity contribution is 0.103. The third-order valence-electron chi connectivity index (χ3n) is 2.74. The van der Waals surface area contributed by atoms with Gasteiger partial charge in [0, 0.05) is 16.0 Å². The first-order chi connectivity index (χ1) is 8.22. The van der Waals surface area contributed by atoms with Gasteiger partial charge in [-0.3, -0.25) is 4.79 Å². The number of aryl methyl sites for hydroxylation is 1. The Bertz CT molecular complexity index is 529. The molecular formula is C15H14OS. The smallest absolute Gasteiger partial charge is 0.193 e. The zero-order valence-electron chi connectivity index (χ0n) is 9.94. The summed E-state index contributed by atoms with van der Waals surface area (Å²) in [5, 5.41) is 0. The molecule has 2 rings (SSSR count). The predicted molar refractivity (Wildman–Crippen MR) is 72.8 cm³/mol. The number of hydrogen-bond donors (Lipinski definition) is 0. The van der Waals surface area contributed by atoms with Crippen LogP contribution in [0.3, 0.4) is 0 Å². The summed E-state index contributed by atoms with van der Waals surface area (Å²) in [7, 11) is 0. The molecule has 0 aliphatic rings. The maximum absolute atomic E-state index is 12.3. The van der Waals surface area contributed by atoms with Crippen molar-refractivity contribution < 1.29 is 4.79 Å². The van der Waals surface area contributed by atoms with E-state index in [0.29, 0.717) is 0 Å². The topological polar surface area (TPSA) is 17.1 Å². The fraction of sp³-hybridized carbons (Fsp3) is 0.133. The SMILES string of the molecule is CSc1ccc(C(=O)c2ccccc2C)cc1. The Morgan fingerprint density at radius 3 is 2.24 bits per heavy atom. The molecule has 2 aromatic carbocycles. The zero-order valence-corrected chi connectivity index (χ0v) is 10.8. The van der Waals surface area contributed by atoms with Gasteiger partial charge in [0.1, 0.15) is 0 Å². The summed E-state index contributed by atoms with van der Waals surface area (Å²) in [5.74, 6) is 0.0933. The molecule has 86 valence electrons. The van der Waals surface area contributed by atoms with E-state index in [1.54, 1.807) is 11.8 Å². The molecule has 1 nitrogen and oxygen atoms in total. The van der Waals surface area contributed by atoms with E-state index < -0.39 is 0 Å². The van der Waals surface area contributed by atoms with E-state index in [-0.39, 0.29) is 5.78 Å². The highest BCUT2D eigenvalue weighted by Crippen LogP contribution is 2.18. The van der Waals surface area contributed by atoms with E-state index in [4.69, 9.17) is 0 Å². The van der Waals surface area contributed by atoms with Crippen molar-refractivity contribution in [3.05, 3.63) is 65.2 Å². The minimum absolute atomic E-state index is 0.0933. The molecule has 0 N–H and O–H groups in total. The molecular weight excluding hydrogens is 228 g/mol. The summed E-state index contributed by atoms with van der Waals surface area (Å²) in [4.78, 5) is 13.4. The summed E-state index contributed by atoms with van der Waals surface area (Å²) < 4.78 is 0. The number of benzene rings is 2. The molecule has 0 saturated carbocycles. The number of carbonyl (C=O) groups is 1. The highest BCUT2D eigenvalue weighted by atomic mass is 32.2. The van der Waals surface area contributed by atoms with E-state index in [1.807, 2.05) is 61.7 Å². The predicted octanol–water partition coefficient (Wildman–Crippen LogP) is 3.95. The molecule has 0 amide bonds. The zero-order chi connectivity index (χ0) is 12.3. The summed E-state index contributed by atoms with van der Waals surface area (Å²) in [6, 6.07) is 15.4. The van der Waals surface area contributed by atoms with Crippen LogP contribution in [0.2, 0.25) is 0 Å². The van der Waals surface area contributed by atoms with Crippen LogP contribution in [0, 0.1) is 6.92 Å². The number of ketones is 1. The molecule has 0 unspecified atom stereocenters. The summed E-state index contributed by atoms with van der Waals surface area (Å²) in [6.07, 6.45) is 2.03. The van der Waals surface area contributed by atoms with E-state index in [2.05, 4.69) is 0 Å². The fourth-order valence-corrected chi connectivity index (χ4v) is 2.13. The third-order valence-corrected chi connectivity index (χ3v) is 3.49. The Kier molecular flexibility index (Phi) is 3.64. The quantitative estimate of drug-likeness (QED) is 0.599. The van der Waals surface area contributed by atoms with Gasteiger partial charge in [-0.2, -0.15) is 0 Å². The Labute approximate surface area is 106 Å². The molecule has 0 bridgehead atoms. The minimum Gasteiger partial charge on any atom is -0.289 e. The molecule has 0 aliphatic heterocycles. The Hall–Kier alpha value is -1.54. The molecule has 0 spiro atoms. The standard InChI is InChI=1S/C15H14OS/c1-11-5-3-4-6-14(11)15(16)12-7-9-13(17-2)10-8-12/h3-10H,1-2H3. The molecule has 2 heteroatoms. The highest BCUT2D eigenvalue weighted by Gasteiger charge is 2.10. The molecule has 0 aliphatic carbocycles. The number of carbonyl (C=O) groups excluding carboxylic acids is 1. The molecule has 0 aromatic heterocycles. The molecule has 0 atom stereocenters. The van der Waals surface area contributed by atoms with E-state index in [1.165, 1.54) is 4.90 Å². The molecule has 0 saturated heterocycles. The van der Waals surface area contributed by atoms with Crippen molar-refractivity contribution in [3.8, 4) is 0 Å². The van der Waals surface area contributed by atoms with Crippen LogP contribution in [0.25, 0.3) is 0 Å².